The maximum atomic E-state index is 12.6. The molecule has 2 rings (SSSR count). The van der Waals surface area contributed by atoms with E-state index in [0.717, 1.165) is 13.0 Å². The third-order valence-corrected chi connectivity index (χ3v) is 3.30. The number of anilines is 1. The number of hydrogen-bond acceptors (Lipinski definition) is 3. The van der Waals surface area contributed by atoms with Crippen molar-refractivity contribution < 1.29 is 9.53 Å². The van der Waals surface area contributed by atoms with Gasteiger partial charge in [-0.05, 0) is 32.4 Å². The van der Waals surface area contributed by atoms with Gasteiger partial charge in [0.1, 0.15) is 11.3 Å². The van der Waals surface area contributed by atoms with Crippen LogP contribution in [0.15, 0.2) is 29.8 Å². The summed E-state index contributed by atoms with van der Waals surface area (Å²) in [5.74, 6) is 0.518. The Labute approximate surface area is 113 Å². The minimum atomic E-state index is -0.0506. The van der Waals surface area contributed by atoms with Gasteiger partial charge in [-0.1, -0.05) is 17.7 Å². The van der Waals surface area contributed by atoms with Crippen LogP contribution in [0.1, 0.15) is 30.6 Å². The van der Waals surface area contributed by atoms with Crippen LogP contribution >= 0.6 is 0 Å². The minimum absolute atomic E-state index is 0.0506. The summed E-state index contributed by atoms with van der Waals surface area (Å²) in [7, 11) is 0. The highest BCUT2D eigenvalue weighted by atomic mass is 16.5. The number of nitrogen functional groups attached to an aromatic ring is 1. The molecular formula is C15H20N2O2. The topological polar surface area (TPSA) is 55.6 Å². The monoisotopic (exact) mass is 260 g/mol. The lowest BCUT2D eigenvalue weighted by molar-refractivity contribution is 0.0766. The predicted octanol–water partition coefficient (Wildman–Crippen LogP) is 2.46. The van der Waals surface area contributed by atoms with Crippen LogP contribution in [0, 0.1) is 0 Å². The summed E-state index contributed by atoms with van der Waals surface area (Å²) in [5.41, 5.74) is 8.23. The molecule has 1 aromatic carbocycles. The summed E-state index contributed by atoms with van der Waals surface area (Å²) in [4.78, 5) is 14.4. The molecule has 0 saturated heterocycles. The van der Waals surface area contributed by atoms with E-state index in [2.05, 4.69) is 13.0 Å². The molecule has 0 unspecified atom stereocenters. The van der Waals surface area contributed by atoms with Crippen molar-refractivity contribution in [2.45, 2.75) is 20.3 Å². The molecule has 1 aromatic rings. The Kier molecular flexibility index (Phi) is 4.10. The van der Waals surface area contributed by atoms with Gasteiger partial charge in [0.05, 0.1) is 6.61 Å². The van der Waals surface area contributed by atoms with E-state index >= 15 is 0 Å². The molecule has 0 aromatic heterocycles. The van der Waals surface area contributed by atoms with Gasteiger partial charge >= 0.3 is 0 Å². The molecule has 19 heavy (non-hydrogen) atoms. The molecule has 1 aliphatic heterocycles. The number of rotatable bonds is 3. The summed E-state index contributed by atoms with van der Waals surface area (Å²) in [6, 6.07) is 5.33. The molecule has 0 bridgehead atoms. The third-order valence-electron chi connectivity index (χ3n) is 3.30. The summed E-state index contributed by atoms with van der Waals surface area (Å²) in [6.07, 6.45) is 3.00. The van der Waals surface area contributed by atoms with Gasteiger partial charge in [0.15, 0.2) is 0 Å². The zero-order chi connectivity index (χ0) is 13.8. The molecule has 1 amide bonds. The number of carbonyl (C=O) groups excluding carboxylic acids is 1. The lowest BCUT2D eigenvalue weighted by atomic mass is 10.1. The molecule has 2 N–H and O–H groups in total. The van der Waals surface area contributed by atoms with Gasteiger partial charge < -0.3 is 15.4 Å². The number of nitrogens with zero attached hydrogens (tertiary/aromatic N) is 1. The van der Waals surface area contributed by atoms with Crippen LogP contribution in [0.25, 0.3) is 0 Å². The van der Waals surface area contributed by atoms with Crippen molar-refractivity contribution in [1.82, 2.24) is 4.90 Å². The van der Waals surface area contributed by atoms with E-state index in [1.807, 2.05) is 6.92 Å². The maximum absolute atomic E-state index is 12.6. The molecule has 4 heteroatoms. The molecule has 0 fully saturated rings. The number of ether oxygens (including phenoxy) is 1. The lowest BCUT2D eigenvalue weighted by Gasteiger charge is -2.26. The SMILES string of the molecule is CCOc1cccc(N)c1C(=O)N1CC=C(C)CC1. The molecular weight excluding hydrogens is 240 g/mol. The first kappa shape index (κ1) is 13.5. The second-order valence-electron chi connectivity index (χ2n) is 4.71. The first-order valence-corrected chi connectivity index (χ1v) is 6.59. The van der Waals surface area contributed by atoms with Gasteiger partial charge in [0.2, 0.25) is 0 Å². The van der Waals surface area contributed by atoms with Crippen LogP contribution < -0.4 is 10.5 Å². The van der Waals surface area contributed by atoms with Crippen molar-refractivity contribution in [2.24, 2.45) is 0 Å². The molecule has 0 aliphatic carbocycles. The quantitative estimate of drug-likeness (QED) is 0.671. The number of hydrogen-bond donors (Lipinski definition) is 1. The van der Waals surface area contributed by atoms with Crippen molar-refractivity contribution in [2.75, 3.05) is 25.4 Å². The molecule has 1 heterocycles. The van der Waals surface area contributed by atoms with E-state index in [4.69, 9.17) is 10.5 Å². The lowest BCUT2D eigenvalue weighted by Crippen LogP contribution is -2.35. The van der Waals surface area contributed by atoms with Gasteiger partial charge in [-0.2, -0.15) is 0 Å². The van der Waals surface area contributed by atoms with E-state index in [0.29, 0.717) is 30.2 Å². The van der Waals surface area contributed by atoms with Crippen LogP contribution in [0.3, 0.4) is 0 Å². The number of benzene rings is 1. The predicted molar refractivity (Wildman–Crippen MR) is 76.3 cm³/mol. The molecule has 102 valence electrons. The average molecular weight is 260 g/mol. The third kappa shape index (κ3) is 2.89. The fraction of sp³-hybridized carbons (Fsp3) is 0.400. The fourth-order valence-electron chi connectivity index (χ4n) is 2.17. The minimum Gasteiger partial charge on any atom is -0.493 e. The van der Waals surface area contributed by atoms with Crippen molar-refractivity contribution in [3.63, 3.8) is 0 Å². The Hall–Kier alpha value is -1.97. The summed E-state index contributed by atoms with van der Waals surface area (Å²) >= 11 is 0. The Morgan fingerprint density at radius 3 is 2.89 bits per heavy atom. The fourth-order valence-corrected chi connectivity index (χ4v) is 2.17. The van der Waals surface area contributed by atoms with Crippen LogP contribution in [-0.2, 0) is 0 Å². The van der Waals surface area contributed by atoms with Crippen LogP contribution in [0.5, 0.6) is 5.75 Å². The van der Waals surface area contributed by atoms with E-state index < -0.39 is 0 Å². The number of carbonyl (C=O) groups is 1. The van der Waals surface area contributed by atoms with Crippen molar-refractivity contribution >= 4 is 11.6 Å². The van der Waals surface area contributed by atoms with Gasteiger partial charge in [0, 0.05) is 18.8 Å². The Balaban J connectivity index is 2.28. The van der Waals surface area contributed by atoms with Crippen LogP contribution in [-0.4, -0.2) is 30.5 Å². The molecule has 4 nitrogen and oxygen atoms in total. The average Bonchev–Trinajstić information content (AvgIpc) is 2.39. The largest absolute Gasteiger partial charge is 0.493 e. The Morgan fingerprint density at radius 1 is 1.47 bits per heavy atom. The normalized spacial score (nSPS) is 15.1. The van der Waals surface area contributed by atoms with Crippen molar-refractivity contribution in [1.29, 1.82) is 0 Å². The molecule has 0 saturated carbocycles. The highest BCUT2D eigenvalue weighted by Crippen LogP contribution is 2.27. The Bertz CT molecular complexity index is 509. The molecule has 0 radical (unpaired) electrons. The van der Waals surface area contributed by atoms with Crippen molar-refractivity contribution in [3.8, 4) is 5.75 Å². The maximum Gasteiger partial charge on any atom is 0.260 e. The first-order valence-electron chi connectivity index (χ1n) is 6.59. The summed E-state index contributed by atoms with van der Waals surface area (Å²) in [6.45, 7) is 5.88. The first-order chi connectivity index (χ1) is 9.13. The molecule has 1 aliphatic rings. The second-order valence-corrected chi connectivity index (χ2v) is 4.71. The number of nitrogens with two attached hydrogens (primary N) is 1. The highest BCUT2D eigenvalue weighted by molar-refractivity contribution is 6.02. The van der Waals surface area contributed by atoms with E-state index in [1.165, 1.54) is 5.57 Å². The zero-order valence-electron chi connectivity index (χ0n) is 11.5. The summed E-state index contributed by atoms with van der Waals surface area (Å²) < 4.78 is 5.51. The van der Waals surface area contributed by atoms with Gasteiger partial charge in [-0.15, -0.1) is 0 Å². The van der Waals surface area contributed by atoms with Crippen LogP contribution in [0.2, 0.25) is 0 Å². The molecule has 0 spiro atoms. The van der Waals surface area contributed by atoms with E-state index in [-0.39, 0.29) is 5.91 Å². The number of amides is 1. The molecule has 0 atom stereocenters. The van der Waals surface area contributed by atoms with E-state index in [9.17, 15) is 4.79 Å². The second kappa shape index (κ2) is 5.78. The highest BCUT2D eigenvalue weighted by Gasteiger charge is 2.23. The standard InChI is InChI=1S/C15H20N2O2/c1-3-19-13-6-4-5-12(16)14(13)15(18)17-9-7-11(2)8-10-17/h4-7H,3,8-10,16H2,1-2H3. The van der Waals surface area contributed by atoms with Crippen LogP contribution in [0.4, 0.5) is 5.69 Å². The Morgan fingerprint density at radius 2 is 2.26 bits per heavy atom. The van der Waals surface area contributed by atoms with Crippen molar-refractivity contribution in [3.05, 3.63) is 35.4 Å². The van der Waals surface area contributed by atoms with E-state index in [1.54, 1.807) is 23.1 Å². The smallest absolute Gasteiger partial charge is 0.260 e. The van der Waals surface area contributed by atoms with Gasteiger partial charge in [-0.25, -0.2) is 0 Å². The van der Waals surface area contributed by atoms with Gasteiger partial charge in [-0.3, -0.25) is 4.79 Å². The van der Waals surface area contributed by atoms with Gasteiger partial charge in [0.25, 0.3) is 5.91 Å². The summed E-state index contributed by atoms with van der Waals surface area (Å²) in [5, 5.41) is 0. The zero-order valence-corrected chi connectivity index (χ0v) is 11.5.